The summed E-state index contributed by atoms with van der Waals surface area (Å²) in [4.78, 5) is 11.9. The first kappa shape index (κ1) is 23.6. The van der Waals surface area contributed by atoms with Crippen molar-refractivity contribution in [2.24, 2.45) is 5.14 Å². The number of nitriles is 1. The molecule has 0 bridgehead atoms. The van der Waals surface area contributed by atoms with Crippen LogP contribution in [0.5, 0.6) is 11.5 Å². The van der Waals surface area contributed by atoms with Crippen LogP contribution >= 0.6 is 0 Å². The van der Waals surface area contributed by atoms with Gasteiger partial charge in [-0.2, -0.15) is 18.4 Å². The molecule has 0 unspecified atom stereocenters. The number of rotatable bonds is 5. The van der Waals surface area contributed by atoms with Crippen LogP contribution in [0.25, 0.3) is 5.69 Å². The summed E-state index contributed by atoms with van der Waals surface area (Å²) in [5.74, 6) is -1.61. The van der Waals surface area contributed by atoms with E-state index in [0.717, 1.165) is 48.2 Å². The summed E-state index contributed by atoms with van der Waals surface area (Å²) >= 11 is 0. The van der Waals surface area contributed by atoms with E-state index in [1.54, 1.807) is 6.07 Å². The number of hydrogen-bond donors (Lipinski definition) is 2. The van der Waals surface area contributed by atoms with Gasteiger partial charge in [0.15, 0.2) is 5.69 Å². The number of carbonyl (C=O) groups is 1. The highest BCUT2D eigenvalue weighted by Gasteiger charge is 2.35. The first-order valence-electron chi connectivity index (χ1n) is 8.88. The van der Waals surface area contributed by atoms with Crippen molar-refractivity contribution in [3.8, 4) is 23.3 Å². The minimum Gasteiger partial charge on any atom is -0.464 e. The SMILES string of the molecule is COC(=O)c1c(N)c(C#N)cn1-c1ccc(Oc2ccc(S(N)(=O)=O)cc2)c(C(F)(F)F)c1. The molecular formula is C20H15F3N4O5S. The number of nitrogen functional groups attached to an aromatic ring is 1. The molecule has 0 amide bonds. The molecule has 2 aromatic carbocycles. The Bertz CT molecular complexity index is 1370. The third-order valence-electron chi connectivity index (χ3n) is 4.47. The maximum absolute atomic E-state index is 13.8. The Labute approximate surface area is 185 Å². The minimum absolute atomic E-state index is 0.0760. The first-order valence-corrected chi connectivity index (χ1v) is 10.4. The number of carbonyl (C=O) groups excluding carboxylic acids is 1. The Balaban J connectivity index is 2.10. The van der Waals surface area contributed by atoms with Gasteiger partial charge in [-0.05, 0) is 42.5 Å². The Morgan fingerprint density at radius 1 is 1.15 bits per heavy atom. The molecule has 0 aliphatic rings. The van der Waals surface area contributed by atoms with Crippen LogP contribution in [0.1, 0.15) is 21.6 Å². The van der Waals surface area contributed by atoms with Gasteiger partial charge in [-0.3, -0.25) is 0 Å². The maximum atomic E-state index is 13.8. The van der Waals surface area contributed by atoms with Crippen LogP contribution in [0.4, 0.5) is 18.9 Å². The van der Waals surface area contributed by atoms with Gasteiger partial charge in [-0.25, -0.2) is 18.4 Å². The molecule has 0 radical (unpaired) electrons. The van der Waals surface area contributed by atoms with Gasteiger partial charge in [0.25, 0.3) is 0 Å². The zero-order valence-electron chi connectivity index (χ0n) is 16.8. The van der Waals surface area contributed by atoms with Crippen LogP contribution in [0, 0.1) is 11.3 Å². The molecule has 33 heavy (non-hydrogen) atoms. The van der Waals surface area contributed by atoms with Gasteiger partial charge in [0.05, 0.1) is 23.3 Å². The molecule has 4 N–H and O–H groups in total. The van der Waals surface area contributed by atoms with Crippen LogP contribution < -0.4 is 15.6 Å². The van der Waals surface area contributed by atoms with Crippen LogP contribution in [0.15, 0.2) is 53.6 Å². The second kappa shape index (κ2) is 8.49. The minimum atomic E-state index is -4.87. The Kier molecular flexibility index (Phi) is 6.08. The quantitative estimate of drug-likeness (QED) is 0.532. The lowest BCUT2D eigenvalue weighted by Gasteiger charge is -2.16. The number of nitrogens with two attached hydrogens (primary N) is 2. The van der Waals surface area contributed by atoms with Crippen molar-refractivity contribution >= 4 is 21.7 Å². The number of halogens is 3. The molecule has 0 saturated carbocycles. The van der Waals surface area contributed by atoms with Gasteiger partial charge >= 0.3 is 12.1 Å². The fraction of sp³-hybridized carbons (Fsp3) is 0.100. The van der Waals surface area contributed by atoms with Gasteiger partial charge < -0.3 is 19.8 Å². The van der Waals surface area contributed by atoms with Gasteiger partial charge in [-0.15, -0.1) is 0 Å². The van der Waals surface area contributed by atoms with Gasteiger partial charge in [0, 0.05) is 11.9 Å². The van der Waals surface area contributed by atoms with E-state index in [-0.39, 0.29) is 33.3 Å². The molecular weight excluding hydrogens is 465 g/mol. The molecule has 3 rings (SSSR count). The summed E-state index contributed by atoms with van der Waals surface area (Å²) in [6.45, 7) is 0. The van der Waals surface area contributed by atoms with E-state index in [4.69, 9.17) is 15.6 Å². The van der Waals surface area contributed by atoms with E-state index in [1.165, 1.54) is 6.07 Å². The molecule has 3 aromatic rings. The summed E-state index contributed by atoms with van der Waals surface area (Å²) in [5, 5.41) is 14.2. The molecule has 1 aromatic heterocycles. The second-order valence-electron chi connectivity index (χ2n) is 6.58. The topological polar surface area (TPSA) is 150 Å². The second-order valence-corrected chi connectivity index (χ2v) is 8.14. The van der Waals surface area contributed by atoms with E-state index in [1.807, 2.05) is 0 Å². The third-order valence-corrected chi connectivity index (χ3v) is 5.40. The monoisotopic (exact) mass is 480 g/mol. The van der Waals surface area contributed by atoms with Crippen molar-refractivity contribution in [2.75, 3.05) is 12.8 Å². The lowest BCUT2D eigenvalue weighted by atomic mass is 10.1. The van der Waals surface area contributed by atoms with Gasteiger partial charge in [0.1, 0.15) is 23.1 Å². The molecule has 0 fully saturated rings. The summed E-state index contributed by atoms with van der Waals surface area (Å²) in [5.41, 5.74) is 3.78. The average molecular weight is 480 g/mol. The molecule has 0 saturated heterocycles. The molecule has 0 spiro atoms. The molecule has 0 atom stereocenters. The number of methoxy groups -OCH3 is 1. The normalized spacial score (nSPS) is 11.6. The Hall–Kier alpha value is -4.02. The number of esters is 1. The molecule has 0 aliphatic carbocycles. The highest BCUT2D eigenvalue weighted by atomic mass is 32.2. The van der Waals surface area contributed by atoms with E-state index in [2.05, 4.69) is 4.74 Å². The van der Waals surface area contributed by atoms with Crippen LogP contribution in [0.3, 0.4) is 0 Å². The number of ether oxygens (including phenoxy) is 2. The number of anilines is 1. The highest BCUT2D eigenvalue weighted by molar-refractivity contribution is 7.89. The Morgan fingerprint density at radius 3 is 2.30 bits per heavy atom. The van der Waals surface area contributed by atoms with Gasteiger partial charge in [0.2, 0.25) is 10.0 Å². The molecule has 9 nitrogen and oxygen atoms in total. The van der Waals surface area contributed by atoms with E-state index in [9.17, 15) is 31.6 Å². The summed E-state index contributed by atoms with van der Waals surface area (Å²) < 4.78 is 75.0. The molecule has 0 aliphatic heterocycles. The number of sulfonamides is 1. The van der Waals surface area contributed by atoms with E-state index < -0.39 is 33.5 Å². The number of nitrogens with zero attached hydrogens (tertiary/aromatic N) is 2. The highest BCUT2D eigenvalue weighted by Crippen LogP contribution is 2.40. The predicted molar refractivity (Wildman–Crippen MR) is 109 cm³/mol. The average Bonchev–Trinajstić information content (AvgIpc) is 3.08. The Morgan fingerprint density at radius 2 is 1.79 bits per heavy atom. The van der Waals surface area contributed by atoms with Crippen LogP contribution in [-0.4, -0.2) is 26.1 Å². The number of alkyl halides is 3. The van der Waals surface area contributed by atoms with Crippen molar-refractivity contribution in [3.05, 3.63) is 65.5 Å². The molecule has 13 heteroatoms. The number of aromatic nitrogens is 1. The zero-order chi connectivity index (χ0) is 24.6. The standard InChI is InChI=1S/C20H15F3N4O5S/c1-31-19(28)18-17(25)11(9-24)10-27(18)12-2-7-16(15(8-12)20(21,22)23)32-13-3-5-14(6-4-13)33(26,29)30/h2-8,10H,25H2,1H3,(H2,26,29,30). The lowest BCUT2D eigenvalue weighted by Crippen LogP contribution is -2.13. The zero-order valence-corrected chi connectivity index (χ0v) is 17.6. The van der Waals surface area contributed by atoms with Crippen molar-refractivity contribution < 1.29 is 35.9 Å². The van der Waals surface area contributed by atoms with Crippen molar-refractivity contribution in [1.82, 2.24) is 4.57 Å². The summed E-state index contributed by atoms with van der Waals surface area (Å²) in [6, 6.07) is 9.16. The molecule has 172 valence electrons. The maximum Gasteiger partial charge on any atom is 0.420 e. The third kappa shape index (κ3) is 4.76. The smallest absolute Gasteiger partial charge is 0.420 e. The van der Waals surface area contributed by atoms with Crippen molar-refractivity contribution in [2.45, 2.75) is 11.1 Å². The fourth-order valence-electron chi connectivity index (χ4n) is 2.92. The van der Waals surface area contributed by atoms with Gasteiger partial charge in [-0.1, -0.05) is 0 Å². The largest absolute Gasteiger partial charge is 0.464 e. The number of benzene rings is 2. The number of hydrogen-bond acceptors (Lipinski definition) is 7. The molecule has 1 heterocycles. The van der Waals surface area contributed by atoms with Crippen LogP contribution in [0.2, 0.25) is 0 Å². The van der Waals surface area contributed by atoms with E-state index in [0.29, 0.717) is 6.07 Å². The summed E-state index contributed by atoms with van der Waals surface area (Å²) in [6.07, 6.45) is -3.75. The van der Waals surface area contributed by atoms with Crippen molar-refractivity contribution in [1.29, 1.82) is 5.26 Å². The number of primary sulfonamides is 1. The lowest BCUT2D eigenvalue weighted by molar-refractivity contribution is -0.138. The first-order chi connectivity index (χ1) is 15.4. The van der Waals surface area contributed by atoms with E-state index >= 15 is 0 Å². The fourth-order valence-corrected chi connectivity index (χ4v) is 3.44. The van der Waals surface area contributed by atoms with Crippen molar-refractivity contribution in [3.63, 3.8) is 0 Å². The van der Waals surface area contributed by atoms with Crippen LogP contribution in [-0.2, 0) is 20.9 Å². The summed E-state index contributed by atoms with van der Waals surface area (Å²) in [7, 11) is -2.93. The predicted octanol–water partition coefficient (Wildman–Crippen LogP) is 3.18.